The average molecular weight is 173 g/mol. The molecule has 1 aliphatic heterocycles. The Bertz CT molecular complexity index is 242. The number of aromatic nitrogens is 1. The third-order valence-corrected chi connectivity index (χ3v) is 2.13. The van der Waals surface area contributed by atoms with Crippen LogP contribution in [0.4, 0.5) is 0 Å². The van der Waals surface area contributed by atoms with Crippen molar-refractivity contribution in [3.05, 3.63) is 17.3 Å². The minimum atomic E-state index is 0.243. The van der Waals surface area contributed by atoms with Crippen LogP contribution in [0.2, 0.25) is 5.35 Å². The molecule has 1 N–H and O–H groups in total. The number of nitrogens with one attached hydrogen (secondary N) is 1. The summed E-state index contributed by atoms with van der Waals surface area (Å²) in [6.07, 6.45) is 2.82. The van der Waals surface area contributed by atoms with Crippen LogP contribution >= 0.6 is 11.6 Å². The van der Waals surface area contributed by atoms with Gasteiger partial charge in [0.05, 0.1) is 6.20 Å². The summed E-state index contributed by atoms with van der Waals surface area (Å²) in [5, 5.41) is 3.49. The lowest BCUT2D eigenvalue weighted by Crippen LogP contribution is -2.07. The van der Waals surface area contributed by atoms with E-state index in [0.29, 0.717) is 5.92 Å². The third-order valence-electron chi connectivity index (χ3n) is 1.96. The Morgan fingerprint density at radius 1 is 1.73 bits per heavy atom. The first-order valence-corrected chi connectivity index (χ1v) is 4.06. The van der Waals surface area contributed by atoms with Gasteiger partial charge in [-0.15, -0.1) is 0 Å². The van der Waals surface area contributed by atoms with Gasteiger partial charge in [0, 0.05) is 12.5 Å². The zero-order chi connectivity index (χ0) is 7.68. The molecule has 11 heavy (non-hydrogen) atoms. The van der Waals surface area contributed by atoms with Gasteiger partial charge in [-0.05, 0) is 24.6 Å². The summed E-state index contributed by atoms with van der Waals surface area (Å²) in [5.41, 5.74) is 0. The van der Waals surface area contributed by atoms with Crippen LogP contribution in [0.25, 0.3) is 0 Å². The summed E-state index contributed by atoms with van der Waals surface area (Å²) in [7, 11) is 0. The van der Waals surface area contributed by atoms with E-state index in [9.17, 15) is 0 Å². The smallest absolute Gasteiger partial charge is 0.292 e. The second-order valence-corrected chi connectivity index (χ2v) is 3.03. The topological polar surface area (TPSA) is 38.1 Å². The molecule has 4 heteroatoms. The molecule has 1 aromatic rings. The Hall–Kier alpha value is -0.540. The van der Waals surface area contributed by atoms with Crippen LogP contribution in [0, 0.1) is 0 Å². The fourth-order valence-corrected chi connectivity index (χ4v) is 1.49. The Morgan fingerprint density at radius 3 is 3.18 bits per heavy atom. The van der Waals surface area contributed by atoms with Gasteiger partial charge in [0.25, 0.3) is 5.35 Å². The number of hydrogen-bond donors (Lipinski definition) is 1. The second-order valence-electron chi connectivity index (χ2n) is 2.71. The van der Waals surface area contributed by atoms with Crippen molar-refractivity contribution in [3.8, 4) is 0 Å². The Balaban J connectivity index is 2.15. The van der Waals surface area contributed by atoms with Crippen LogP contribution in [-0.4, -0.2) is 18.1 Å². The minimum Gasteiger partial charge on any atom is -0.432 e. The largest absolute Gasteiger partial charge is 0.432 e. The van der Waals surface area contributed by atoms with Crippen molar-refractivity contribution in [2.24, 2.45) is 0 Å². The third kappa shape index (κ3) is 1.39. The van der Waals surface area contributed by atoms with Gasteiger partial charge in [0.15, 0.2) is 0 Å². The molecule has 0 aromatic carbocycles. The van der Waals surface area contributed by atoms with Crippen LogP contribution in [0.3, 0.4) is 0 Å². The van der Waals surface area contributed by atoms with Gasteiger partial charge in [-0.2, -0.15) is 0 Å². The van der Waals surface area contributed by atoms with E-state index in [1.165, 1.54) is 0 Å². The van der Waals surface area contributed by atoms with E-state index in [1.54, 1.807) is 6.20 Å². The minimum absolute atomic E-state index is 0.243. The highest BCUT2D eigenvalue weighted by Crippen LogP contribution is 2.23. The Labute approximate surface area is 69.8 Å². The van der Waals surface area contributed by atoms with Crippen molar-refractivity contribution < 1.29 is 4.42 Å². The number of halogens is 1. The lowest BCUT2D eigenvalue weighted by molar-refractivity contribution is 0.472. The lowest BCUT2D eigenvalue weighted by Gasteiger charge is -2.00. The average Bonchev–Trinajstić information content (AvgIpc) is 2.55. The van der Waals surface area contributed by atoms with Crippen LogP contribution in [0.5, 0.6) is 0 Å². The van der Waals surface area contributed by atoms with Crippen molar-refractivity contribution in [2.45, 2.75) is 12.3 Å². The lowest BCUT2D eigenvalue weighted by atomic mass is 10.1. The molecule has 0 bridgehead atoms. The van der Waals surface area contributed by atoms with E-state index in [1.807, 2.05) is 0 Å². The number of nitrogens with zero attached hydrogens (tertiary/aromatic N) is 1. The summed E-state index contributed by atoms with van der Waals surface area (Å²) in [6, 6.07) is 0. The molecule has 0 spiro atoms. The van der Waals surface area contributed by atoms with Gasteiger partial charge in [0.2, 0.25) is 0 Å². The molecule has 1 aliphatic rings. The zero-order valence-electron chi connectivity index (χ0n) is 6.01. The van der Waals surface area contributed by atoms with Gasteiger partial charge in [-0.25, -0.2) is 4.98 Å². The monoisotopic (exact) mass is 172 g/mol. The van der Waals surface area contributed by atoms with Gasteiger partial charge < -0.3 is 9.73 Å². The van der Waals surface area contributed by atoms with Crippen LogP contribution in [0.15, 0.2) is 10.6 Å². The summed E-state index contributed by atoms with van der Waals surface area (Å²) >= 11 is 5.54. The standard InChI is InChI=1S/C7H9ClN2O/c8-7-10-4-6(11-7)5-1-2-9-3-5/h4-5,9H,1-3H2. The van der Waals surface area contributed by atoms with E-state index in [4.69, 9.17) is 16.0 Å². The molecule has 2 rings (SSSR count). The highest BCUT2D eigenvalue weighted by Gasteiger charge is 2.19. The fourth-order valence-electron chi connectivity index (χ4n) is 1.35. The quantitative estimate of drug-likeness (QED) is 0.696. The molecule has 0 saturated carbocycles. The van der Waals surface area contributed by atoms with Gasteiger partial charge in [-0.3, -0.25) is 0 Å². The van der Waals surface area contributed by atoms with E-state index >= 15 is 0 Å². The Kier molecular flexibility index (Phi) is 1.84. The van der Waals surface area contributed by atoms with Crippen molar-refractivity contribution in [3.63, 3.8) is 0 Å². The Morgan fingerprint density at radius 2 is 2.64 bits per heavy atom. The molecule has 3 nitrogen and oxygen atoms in total. The molecular weight excluding hydrogens is 164 g/mol. The first-order valence-electron chi connectivity index (χ1n) is 3.68. The second kappa shape index (κ2) is 2.83. The molecule has 0 aliphatic carbocycles. The summed E-state index contributed by atoms with van der Waals surface area (Å²) in [5.74, 6) is 1.37. The molecule has 0 amide bonds. The van der Waals surface area contributed by atoms with Crippen molar-refractivity contribution in [1.82, 2.24) is 10.3 Å². The highest BCUT2D eigenvalue weighted by atomic mass is 35.5. The molecule has 1 atom stereocenters. The van der Waals surface area contributed by atoms with Crippen molar-refractivity contribution in [1.29, 1.82) is 0 Å². The van der Waals surface area contributed by atoms with E-state index in [2.05, 4.69) is 10.3 Å². The van der Waals surface area contributed by atoms with E-state index in [0.717, 1.165) is 25.3 Å². The molecule has 2 heterocycles. The normalized spacial score (nSPS) is 24.3. The van der Waals surface area contributed by atoms with Crippen LogP contribution in [-0.2, 0) is 0 Å². The molecule has 1 aromatic heterocycles. The number of hydrogen-bond acceptors (Lipinski definition) is 3. The predicted octanol–water partition coefficient (Wildman–Crippen LogP) is 1.40. The predicted molar refractivity (Wildman–Crippen MR) is 41.7 cm³/mol. The molecule has 1 fully saturated rings. The summed E-state index contributed by atoms with van der Waals surface area (Å²) < 4.78 is 5.18. The molecule has 1 unspecified atom stereocenters. The zero-order valence-corrected chi connectivity index (χ0v) is 6.77. The maximum absolute atomic E-state index is 5.54. The van der Waals surface area contributed by atoms with Gasteiger partial charge in [-0.1, -0.05) is 0 Å². The van der Waals surface area contributed by atoms with Crippen LogP contribution < -0.4 is 5.32 Å². The number of oxazole rings is 1. The summed E-state index contributed by atoms with van der Waals surface area (Å²) in [6.45, 7) is 2.04. The SMILES string of the molecule is Clc1ncc(C2CCNC2)o1. The van der Waals surface area contributed by atoms with Gasteiger partial charge in [0.1, 0.15) is 5.76 Å². The first kappa shape index (κ1) is 7.13. The summed E-state index contributed by atoms with van der Waals surface area (Å²) in [4.78, 5) is 3.83. The van der Waals surface area contributed by atoms with E-state index in [-0.39, 0.29) is 5.35 Å². The first-order chi connectivity index (χ1) is 5.36. The van der Waals surface area contributed by atoms with Crippen molar-refractivity contribution >= 4 is 11.6 Å². The van der Waals surface area contributed by atoms with Crippen molar-refractivity contribution in [2.75, 3.05) is 13.1 Å². The molecular formula is C7H9ClN2O. The maximum atomic E-state index is 5.54. The molecule has 60 valence electrons. The maximum Gasteiger partial charge on any atom is 0.292 e. The molecule has 0 radical (unpaired) electrons. The van der Waals surface area contributed by atoms with Gasteiger partial charge >= 0.3 is 0 Å². The highest BCUT2D eigenvalue weighted by molar-refractivity contribution is 6.27. The van der Waals surface area contributed by atoms with Crippen LogP contribution in [0.1, 0.15) is 18.1 Å². The number of rotatable bonds is 1. The fraction of sp³-hybridized carbons (Fsp3) is 0.571. The molecule has 1 saturated heterocycles. The van der Waals surface area contributed by atoms with E-state index < -0.39 is 0 Å².